The van der Waals surface area contributed by atoms with E-state index in [1.165, 1.54) is 21.1 Å². The lowest BCUT2D eigenvalue weighted by Crippen LogP contribution is -2.23. The predicted octanol–water partition coefficient (Wildman–Crippen LogP) is 2.65. The molecule has 0 bridgehead atoms. The Kier molecular flexibility index (Phi) is 3.13. The van der Waals surface area contributed by atoms with Crippen molar-refractivity contribution in [2.45, 2.75) is 26.3 Å². The van der Waals surface area contributed by atoms with Gasteiger partial charge in [-0.3, -0.25) is 13.8 Å². The number of H-pyrrole nitrogens is 1. The molecule has 0 spiro atoms. The second-order valence-electron chi connectivity index (χ2n) is 4.61. The molecular weight excluding hydrogens is 279 g/mol. The molecule has 0 saturated carbocycles. The third-order valence-corrected chi connectivity index (χ3v) is 3.59. The van der Waals surface area contributed by atoms with Crippen molar-refractivity contribution >= 4 is 28.9 Å². The Bertz CT molecular complexity index is 908. The SMILES string of the molecule is CCCCn1c(=O)c2cccc(F)c2n2c(=S)[nH]nc12. The first kappa shape index (κ1) is 13.0. The molecule has 0 aliphatic rings. The van der Waals surface area contributed by atoms with Crippen LogP contribution >= 0.6 is 12.2 Å². The number of nitrogens with zero attached hydrogens (tertiary/aromatic N) is 3. The monoisotopic (exact) mass is 292 g/mol. The van der Waals surface area contributed by atoms with Crippen molar-refractivity contribution in [2.75, 3.05) is 0 Å². The highest BCUT2D eigenvalue weighted by Gasteiger charge is 2.15. The quantitative estimate of drug-likeness (QED) is 0.755. The van der Waals surface area contributed by atoms with Gasteiger partial charge in [0.25, 0.3) is 5.56 Å². The van der Waals surface area contributed by atoms with E-state index in [2.05, 4.69) is 10.2 Å². The van der Waals surface area contributed by atoms with Gasteiger partial charge in [0.15, 0.2) is 0 Å². The van der Waals surface area contributed by atoms with Crippen molar-refractivity contribution in [3.8, 4) is 0 Å². The Labute approximate surface area is 118 Å². The average Bonchev–Trinajstić information content (AvgIpc) is 2.81. The second-order valence-corrected chi connectivity index (χ2v) is 5.00. The molecule has 0 fully saturated rings. The minimum Gasteiger partial charge on any atom is -0.276 e. The first-order valence-electron chi connectivity index (χ1n) is 6.43. The molecule has 1 N–H and O–H groups in total. The number of benzene rings is 1. The fraction of sp³-hybridized carbons (Fsp3) is 0.308. The highest BCUT2D eigenvalue weighted by atomic mass is 32.1. The smallest absolute Gasteiger partial charge is 0.262 e. The van der Waals surface area contributed by atoms with Crippen molar-refractivity contribution in [1.29, 1.82) is 0 Å². The zero-order valence-corrected chi connectivity index (χ0v) is 11.7. The van der Waals surface area contributed by atoms with E-state index in [1.807, 2.05) is 6.92 Å². The van der Waals surface area contributed by atoms with Crippen LogP contribution in [0.5, 0.6) is 0 Å². The lowest BCUT2D eigenvalue weighted by molar-refractivity contribution is 0.613. The van der Waals surface area contributed by atoms with E-state index in [-0.39, 0.29) is 15.8 Å². The van der Waals surface area contributed by atoms with Crippen molar-refractivity contribution in [3.63, 3.8) is 0 Å². The number of hydrogen-bond donors (Lipinski definition) is 1. The first-order chi connectivity index (χ1) is 9.65. The van der Waals surface area contributed by atoms with Crippen molar-refractivity contribution in [3.05, 3.63) is 39.1 Å². The van der Waals surface area contributed by atoms with Crippen molar-refractivity contribution < 1.29 is 4.39 Å². The van der Waals surface area contributed by atoms with E-state index in [1.54, 1.807) is 6.07 Å². The van der Waals surface area contributed by atoms with Crippen LogP contribution in [0.25, 0.3) is 16.7 Å². The molecule has 0 atom stereocenters. The second kappa shape index (κ2) is 4.82. The van der Waals surface area contributed by atoms with Crippen LogP contribution < -0.4 is 5.56 Å². The summed E-state index contributed by atoms with van der Waals surface area (Å²) in [4.78, 5) is 12.5. The number of unbranched alkanes of at least 4 members (excludes halogenated alkanes) is 1. The maximum atomic E-state index is 14.1. The molecule has 2 aromatic heterocycles. The molecule has 2 heterocycles. The zero-order valence-electron chi connectivity index (χ0n) is 10.9. The molecule has 0 unspecified atom stereocenters. The summed E-state index contributed by atoms with van der Waals surface area (Å²) in [6.07, 6.45) is 1.79. The van der Waals surface area contributed by atoms with Crippen LogP contribution in [0.4, 0.5) is 4.39 Å². The normalized spacial score (nSPS) is 11.5. The summed E-state index contributed by atoms with van der Waals surface area (Å²) < 4.78 is 17.4. The van der Waals surface area contributed by atoms with Gasteiger partial charge in [0.1, 0.15) is 5.82 Å². The fourth-order valence-electron chi connectivity index (χ4n) is 2.34. The van der Waals surface area contributed by atoms with Gasteiger partial charge >= 0.3 is 0 Å². The largest absolute Gasteiger partial charge is 0.276 e. The number of halogens is 1. The van der Waals surface area contributed by atoms with E-state index < -0.39 is 5.82 Å². The zero-order chi connectivity index (χ0) is 14.3. The Morgan fingerprint density at radius 2 is 2.25 bits per heavy atom. The first-order valence-corrected chi connectivity index (χ1v) is 6.84. The number of aromatic nitrogens is 4. The van der Waals surface area contributed by atoms with Crippen LogP contribution in [0.15, 0.2) is 23.0 Å². The van der Waals surface area contributed by atoms with E-state index in [9.17, 15) is 9.18 Å². The van der Waals surface area contributed by atoms with Crippen LogP contribution in [-0.2, 0) is 6.54 Å². The molecule has 3 aromatic rings. The Morgan fingerprint density at radius 1 is 1.45 bits per heavy atom. The van der Waals surface area contributed by atoms with E-state index >= 15 is 0 Å². The lowest BCUT2D eigenvalue weighted by atomic mass is 10.2. The number of para-hydroxylation sites is 1. The van der Waals surface area contributed by atoms with E-state index in [0.717, 1.165) is 12.8 Å². The molecule has 104 valence electrons. The number of aryl methyl sites for hydroxylation is 1. The van der Waals surface area contributed by atoms with E-state index in [0.29, 0.717) is 17.7 Å². The van der Waals surface area contributed by atoms with Gasteiger partial charge in [-0.2, -0.15) is 0 Å². The predicted molar refractivity (Wildman–Crippen MR) is 77.0 cm³/mol. The molecule has 3 rings (SSSR count). The summed E-state index contributed by atoms with van der Waals surface area (Å²) in [7, 11) is 0. The van der Waals surface area contributed by atoms with Crippen LogP contribution in [0.2, 0.25) is 0 Å². The third-order valence-electron chi connectivity index (χ3n) is 3.32. The maximum Gasteiger partial charge on any atom is 0.262 e. The summed E-state index contributed by atoms with van der Waals surface area (Å²) >= 11 is 5.15. The van der Waals surface area contributed by atoms with Gasteiger partial charge in [0, 0.05) is 6.54 Å². The highest BCUT2D eigenvalue weighted by Crippen LogP contribution is 2.16. The van der Waals surface area contributed by atoms with Crippen LogP contribution in [0, 0.1) is 10.6 Å². The molecule has 7 heteroatoms. The maximum absolute atomic E-state index is 14.1. The van der Waals surface area contributed by atoms with Gasteiger partial charge in [0.05, 0.1) is 10.9 Å². The van der Waals surface area contributed by atoms with Gasteiger partial charge in [-0.15, -0.1) is 5.10 Å². The Hall–Kier alpha value is -2.02. The standard InChI is InChI=1S/C13H13FN4OS/c1-2-3-7-17-11(19)8-5-4-6-9(14)10(8)18-12(17)15-16-13(18)20/h4-6H,2-3,7H2,1H3,(H,16,20). The van der Waals surface area contributed by atoms with Gasteiger partial charge < -0.3 is 0 Å². The number of fused-ring (bicyclic) bond motifs is 3. The summed E-state index contributed by atoms with van der Waals surface area (Å²) in [6.45, 7) is 2.57. The molecule has 5 nitrogen and oxygen atoms in total. The van der Waals surface area contributed by atoms with Crippen molar-refractivity contribution in [1.82, 2.24) is 19.2 Å². The summed E-state index contributed by atoms with van der Waals surface area (Å²) in [5.41, 5.74) is -0.0616. The molecule has 1 aromatic carbocycles. The lowest BCUT2D eigenvalue weighted by Gasteiger charge is -2.09. The number of rotatable bonds is 3. The van der Waals surface area contributed by atoms with Crippen LogP contribution in [-0.4, -0.2) is 19.2 Å². The minimum absolute atomic E-state index is 0.180. The minimum atomic E-state index is -0.482. The fourth-order valence-corrected chi connectivity index (χ4v) is 2.56. The van der Waals surface area contributed by atoms with Crippen LogP contribution in [0.1, 0.15) is 19.8 Å². The topological polar surface area (TPSA) is 55.1 Å². The third kappa shape index (κ3) is 1.77. The van der Waals surface area contributed by atoms with Gasteiger partial charge in [-0.05, 0) is 30.8 Å². The highest BCUT2D eigenvalue weighted by molar-refractivity contribution is 7.71. The summed E-state index contributed by atoms with van der Waals surface area (Å²) in [6, 6.07) is 4.45. The molecular formula is C13H13FN4OS. The number of nitrogens with one attached hydrogen (secondary N) is 1. The Morgan fingerprint density at radius 3 is 3.00 bits per heavy atom. The van der Waals surface area contributed by atoms with Crippen LogP contribution in [0.3, 0.4) is 0 Å². The van der Waals surface area contributed by atoms with Gasteiger partial charge in [-0.1, -0.05) is 19.4 Å². The Balaban J connectivity index is 2.54. The molecule has 0 aliphatic heterocycles. The van der Waals surface area contributed by atoms with Gasteiger partial charge in [-0.25, -0.2) is 9.49 Å². The average molecular weight is 292 g/mol. The van der Waals surface area contributed by atoms with Crippen molar-refractivity contribution in [2.24, 2.45) is 0 Å². The molecule has 0 aliphatic carbocycles. The molecule has 0 saturated heterocycles. The number of hydrogen-bond acceptors (Lipinski definition) is 3. The molecule has 20 heavy (non-hydrogen) atoms. The molecule has 0 radical (unpaired) electrons. The van der Waals surface area contributed by atoms with Gasteiger partial charge in [0.2, 0.25) is 10.5 Å². The van der Waals surface area contributed by atoms with E-state index in [4.69, 9.17) is 12.2 Å². The number of aromatic amines is 1. The molecule has 0 amide bonds. The summed E-state index contributed by atoms with van der Waals surface area (Å²) in [5.74, 6) is -0.129. The summed E-state index contributed by atoms with van der Waals surface area (Å²) in [5, 5.41) is 7.01.